The molecule has 1 heterocycles. The standard InChI is InChI=1S/C16H18N2O3S/c1-5-21-16(20)13-11(3)18(17-14(13)22-4)15(19)12-8-6-7-10(2)9-12/h6-9H,5H2,1-4H3. The van der Waals surface area contributed by atoms with E-state index in [2.05, 4.69) is 5.10 Å². The van der Waals surface area contributed by atoms with Crippen LogP contribution in [0, 0.1) is 13.8 Å². The summed E-state index contributed by atoms with van der Waals surface area (Å²) >= 11 is 1.32. The van der Waals surface area contributed by atoms with Crippen molar-refractivity contribution in [1.82, 2.24) is 9.78 Å². The van der Waals surface area contributed by atoms with Crippen LogP contribution in [0.5, 0.6) is 0 Å². The van der Waals surface area contributed by atoms with Crippen LogP contribution >= 0.6 is 11.8 Å². The zero-order valence-corrected chi connectivity index (χ0v) is 13.9. The van der Waals surface area contributed by atoms with Gasteiger partial charge in [-0.3, -0.25) is 4.79 Å². The van der Waals surface area contributed by atoms with Gasteiger partial charge in [-0.2, -0.15) is 9.78 Å². The SMILES string of the molecule is CCOC(=O)c1c(SC)nn(C(=O)c2cccc(C)c2)c1C. The molecule has 22 heavy (non-hydrogen) atoms. The van der Waals surface area contributed by atoms with Crippen LogP contribution in [0.25, 0.3) is 0 Å². The van der Waals surface area contributed by atoms with Gasteiger partial charge in [-0.25, -0.2) is 4.79 Å². The quantitative estimate of drug-likeness (QED) is 0.640. The summed E-state index contributed by atoms with van der Waals surface area (Å²) in [6.45, 7) is 5.65. The van der Waals surface area contributed by atoms with Crippen molar-refractivity contribution in [3.63, 3.8) is 0 Å². The Labute approximate surface area is 133 Å². The van der Waals surface area contributed by atoms with Gasteiger partial charge >= 0.3 is 5.97 Å². The smallest absolute Gasteiger partial charge is 0.342 e. The number of hydrogen-bond donors (Lipinski definition) is 0. The first-order chi connectivity index (χ1) is 10.5. The highest BCUT2D eigenvalue weighted by molar-refractivity contribution is 7.98. The second-order valence-electron chi connectivity index (χ2n) is 4.78. The van der Waals surface area contributed by atoms with Gasteiger partial charge in [0.05, 0.1) is 12.3 Å². The Morgan fingerprint density at radius 3 is 2.64 bits per heavy atom. The zero-order valence-electron chi connectivity index (χ0n) is 13.0. The number of rotatable bonds is 4. The van der Waals surface area contributed by atoms with Gasteiger partial charge < -0.3 is 4.74 Å². The fourth-order valence-electron chi connectivity index (χ4n) is 2.16. The summed E-state index contributed by atoms with van der Waals surface area (Å²) in [6, 6.07) is 7.28. The lowest BCUT2D eigenvalue weighted by molar-refractivity contribution is 0.0521. The summed E-state index contributed by atoms with van der Waals surface area (Å²) in [6.07, 6.45) is 1.81. The van der Waals surface area contributed by atoms with Crippen LogP contribution in [-0.2, 0) is 4.74 Å². The van der Waals surface area contributed by atoms with E-state index in [0.717, 1.165) is 5.56 Å². The number of aryl methyl sites for hydroxylation is 1. The molecule has 1 aromatic heterocycles. The van der Waals surface area contributed by atoms with Gasteiger partial charge in [0.1, 0.15) is 10.6 Å². The molecule has 0 N–H and O–H groups in total. The number of nitrogens with zero attached hydrogens (tertiary/aromatic N) is 2. The van der Waals surface area contributed by atoms with E-state index in [1.807, 2.05) is 25.3 Å². The van der Waals surface area contributed by atoms with Crippen molar-refractivity contribution in [3.8, 4) is 0 Å². The Bertz CT molecular complexity index is 722. The summed E-state index contributed by atoms with van der Waals surface area (Å²) < 4.78 is 6.32. The van der Waals surface area contributed by atoms with E-state index in [9.17, 15) is 9.59 Å². The van der Waals surface area contributed by atoms with Crippen molar-refractivity contribution < 1.29 is 14.3 Å². The summed E-state index contributed by atoms with van der Waals surface area (Å²) in [5.41, 5.74) is 2.38. The molecule has 2 aromatic rings. The first-order valence-electron chi connectivity index (χ1n) is 6.91. The fourth-order valence-corrected chi connectivity index (χ4v) is 2.75. The summed E-state index contributed by atoms with van der Waals surface area (Å²) in [5.74, 6) is -0.709. The highest BCUT2D eigenvalue weighted by Gasteiger charge is 2.25. The molecule has 2 rings (SSSR count). The third-order valence-corrected chi connectivity index (χ3v) is 3.89. The predicted octanol–water partition coefficient (Wildman–Crippen LogP) is 3.09. The van der Waals surface area contributed by atoms with Crippen molar-refractivity contribution in [1.29, 1.82) is 0 Å². The van der Waals surface area contributed by atoms with Gasteiger partial charge in [0.25, 0.3) is 5.91 Å². The average Bonchev–Trinajstić information content (AvgIpc) is 2.83. The minimum Gasteiger partial charge on any atom is -0.462 e. The lowest BCUT2D eigenvalue weighted by Gasteiger charge is -2.05. The number of hydrogen-bond acceptors (Lipinski definition) is 5. The molecule has 0 radical (unpaired) electrons. The van der Waals surface area contributed by atoms with Crippen LogP contribution in [0.15, 0.2) is 29.3 Å². The minimum absolute atomic E-state index is 0.257. The van der Waals surface area contributed by atoms with E-state index in [1.165, 1.54) is 16.4 Å². The number of carbonyl (C=O) groups is 2. The molecular weight excluding hydrogens is 300 g/mol. The molecule has 0 atom stereocenters. The van der Waals surface area contributed by atoms with E-state index in [1.54, 1.807) is 26.0 Å². The summed E-state index contributed by atoms with van der Waals surface area (Å²) in [4.78, 5) is 24.7. The highest BCUT2D eigenvalue weighted by atomic mass is 32.2. The molecule has 1 aromatic carbocycles. The van der Waals surface area contributed by atoms with E-state index in [-0.39, 0.29) is 12.5 Å². The lowest BCUT2D eigenvalue weighted by atomic mass is 10.1. The average molecular weight is 318 g/mol. The van der Waals surface area contributed by atoms with Crippen molar-refractivity contribution >= 4 is 23.6 Å². The van der Waals surface area contributed by atoms with Gasteiger partial charge in [-0.15, -0.1) is 11.8 Å². The second kappa shape index (κ2) is 6.79. The topological polar surface area (TPSA) is 61.2 Å². The van der Waals surface area contributed by atoms with E-state index >= 15 is 0 Å². The zero-order chi connectivity index (χ0) is 16.3. The minimum atomic E-state index is -0.451. The van der Waals surface area contributed by atoms with E-state index < -0.39 is 5.97 Å². The van der Waals surface area contributed by atoms with Crippen molar-refractivity contribution in [2.45, 2.75) is 25.8 Å². The molecule has 0 saturated heterocycles. The van der Waals surface area contributed by atoms with Crippen LogP contribution in [0.1, 0.15) is 38.9 Å². The molecule has 0 aliphatic heterocycles. The highest BCUT2D eigenvalue weighted by Crippen LogP contribution is 2.24. The summed E-state index contributed by atoms with van der Waals surface area (Å²) in [5, 5.41) is 4.76. The molecule has 0 amide bonds. The predicted molar refractivity (Wildman–Crippen MR) is 85.6 cm³/mol. The van der Waals surface area contributed by atoms with Crippen LogP contribution in [0.4, 0.5) is 0 Å². The van der Waals surface area contributed by atoms with Crippen LogP contribution in [0.2, 0.25) is 0 Å². The first kappa shape index (κ1) is 16.3. The monoisotopic (exact) mass is 318 g/mol. The van der Waals surface area contributed by atoms with Gasteiger partial charge in [0, 0.05) is 5.56 Å². The third-order valence-electron chi connectivity index (χ3n) is 3.21. The van der Waals surface area contributed by atoms with Gasteiger partial charge in [0.15, 0.2) is 0 Å². The molecule has 0 unspecified atom stereocenters. The Balaban J connectivity index is 2.48. The molecule has 0 aliphatic carbocycles. The fraction of sp³-hybridized carbons (Fsp3) is 0.312. The maximum atomic E-state index is 12.6. The number of benzene rings is 1. The third kappa shape index (κ3) is 3.06. The van der Waals surface area contributed by atoms with Gasteiger partial charge in [0.2, 0.25) is 0 Å². The van der Waals surface area contributed by atoms with Crippen LogP contribution in [0.3, 0.4) is 0 Å². The van der Waals surface area contributed by atoms with Crippen molar-refractivity contribution in [3.05, 3.63) is 46.6 Å². The number of ether oxygens (including phenoxy) is 1. The number of aromatic nitrogens is 2. The Morgan fingerprint density at radius 1 is 1.32 bits per heavy atom. The van der Waals surface area contributed by atoms with Gasteiger partial charge in [-0.05, 0) is 39.2 Å². The normalized spacial score (nSPS) is 10.5. The maximum Gasteiger partial charge on any atom is 0.342 e. The molecule has 5 nitrogen and oxygen atoms in total. The number of esters is 1. The first-order valence-corrected chi connectivity index (χ1v) is 8.14. The largest absolute Gasteiger partial charge is 0.462 e. The Kier molecular flexibility index (Phi) is 5.03. The molecule has 0 aliphatic rings. The molecule has 6 heteroatoms. The Morgan fingerprint density at radius 2 is 2.05 bits per heavy atom. The van der Waals surface area contributed by atoms with Crippen molar-refractivity contribution in [2.24, 2.45) is 0 Å². The van der Waals surface area contributed by atoms with Gasteiger partial charge in [-0.1, -0.05) is 17.7 Å². The number of thioether (sulfide) groups is 1. The lowest BCUT2D eigenvalue weighted by Crippen LogP contribution is -2.16. The summed E-state index contributed by atoms with van der Waals surface area (Å²) in [7, 11) is 0. The van der Waals surface area contributed by atoms with Crippen LogP contribution in [-0.4, -0.2) is 34.5 Å². The van der Waals surface area contributed by atoms with E-state index in [0.29, 0.717) is 21.8 Å². The molecular formula is C16H18N2O3S. The van der Waals surface area contributed by atoms with E-state index in [4.69, 9.17) is 4.74 Å². The Hall–Kier alpha value is -2.08. The van der Waals surface area contributed by atoms with Crippen molar-refractivity contribution in [2.75, 3.05) is 12.9 Å². The molecule has 0 fully saturated rings. The number of carbonyl (C=O) groups excluding carboxylic acids is 2. The maximum absolute atomic E-state index is 12.6. The molecule has 0 saturated carbocycles. The molecule has 116 valence electrons. The molecule has 0 spiro atoms. The van der Waals surface area contributed by atoms with Crippen LogP contribution < -0.4 is 0 Å². The molecule has 0 bridgehead atoms. The second-order valence-corrected chi connectivity index (χ2v) is 5.57.